The minimum atomic E-state index is -0.822. The first-order chi connectivity index (χ1) is 6.92. The van der Waals surface area contributed by atoms with Gasteiger partial charge >= 0.3 is 5.97 Å². The molecule has 0 aliphatic rings. The minimum absolute atomic E-state index is 0.281. The Morgan fingerprint density at radius 1 is 1.40 bits per heavy atom. The zero-order valence-electron chi connectivity index (χ0n) is 8.66. The topological polar surface area (TPSA) is 37.3 Å². The van der Waals surface area contributed by atoms with E-state index in [0.29, 0.717) is 5.75 Å². The van der Waals surface area contributed by atoms with E-state index in [9.17, 15) is 9.18 Å². The normalized spacial score (nSPS) is 11.4. The molecule has 0 spiro atoms. The molecule has 1 N–H and O–H groups in total. The summed E-state index contributed by atoms with van der Waals surface area (Å²) in [4.78, 5) is 11.7. The number of halogens is 1. The van der Waals surface area contributed by atoms with Crippen molar-refractivity contribution in [1.29, 1.82) is 0 Å². The van der Waals surface area contributed by atoms with Gasteiger partial charge in [-0.15, -0.1) is 11.8 Å². The monoisotopic (exact) mass is 228 g/mol. The van der Waals surface area contributed by atoms with Crippen LogP contribution in [0.1, 0.15) is 13.8 Å². The van der Waals surface area contributed by atoms with E-state index in [1.165, 1.54) is 23.9 Å². The van der Waals surface area contributed by atoms with Crippen LogP contribution in [0.3, 0.4) is 0 Å². The van der Waals surface area contributed by atoms with Gasteiger partial charge < -0.3 is 5.11 Å². The highest BCUT2D eigenvalue weighted by Crippen LogP contribution is 2.27. The standard InChI is InChI=1S/C11H13FO2S/c1-11(2,10(13)14)7-15-9-5-3-8(12)4-6-9/h3-6H,7H2,1-2H3,(H,13,14). The van der Waals surface area contributed by atoms with Crippen molar-refractivity contribution in [3.8, 4) is 0 Å². The molecule has 82 valence electrons. The van der Waals surface area contributed by atoms with Gasteiger partial charge in [0.1, 0.15) is 5.82 Å². The Hall–Kier alpha value is -1.03. The van der Waals surface area contributed by atoms with Gasteiger partial charge in [-0.2, -0.15) is 0 Å². The fourth-order valence-corrected chi connectivity index (χ4v) is 1.84. The molecule has 0 aliphatic carbocycles. The SMILES string of the molecule is CC(C)(CSc1ccc(F)cc1)C(=O)O. The summed E-state index contributed by atoms with van der Waals surface area (Å²) in [5.74, 6) is -0.637. The van der Waals surface area contributed by atoms with Crippen molar-refractivity contribution in [3.63, 3.8) is 0 Å². The van der Waals surface area contributed by atoms with E-state index in [-0.39, 0.29) is 5.82 Å². The number of carbonyl (C=O) groups is 1. The maximum Gasteiger partial charge on any atom is 0.309 e. The van der Waals surface area contributed by atoms with Gasteiger partial charge in [0.15, 0.2) is 0 Å². The highest BCUT2D eigenvalue weighted by Gasteiger charge is 2.26. The van der Waals surface area contributed by atoms with Crippen LogP contribution in [0.4, 0.5) is 4.39 Å². The number of carboxylic acids is 1. The van der Waals surface area contributed by atoms with E-state index in [1.54, 1.807) is 26.0 Å². The van der Waals surface area contributed by atoms with Gasteiger partial charge in [0.05, 0.1) is 5.41 Å². The molecule has 1 rings (SSSR count). The van der Waals surface area contributed by atoms with E-state index < -0.39 is 11.4 Å². The lowest BCUT2D eigenvalue weighted by atomic mass is 9.97. The Morgan fingerprint density at radius 2 is 1.93 bits per heavy atom. The van der Waals surface area contributed by atoms with Crippen molar-refractivity contribution < 1.29 is 14.3 Å². The summed E-state index contributed by atoms with van der Waals surface area (Å²) in [6, 6.07) is 6.04. The number of benzene rings is 1. The first-order valence-electron chi connectivity index (χ1n) is 4.53. The molecule has 15 heavy (non-hydrogen) atoms. The second-order valence-electron chi connectivity index (χ2n) is 3.93. The van der Waals surface area contributed by atoms with Crippen molar-refractivity contribution in [2.24, 2.45) is 5.41 Å². The van der Waals surface area contributed by atoms with Crippen molar-refractivity contribution >= 4 is 17.7 Å². The average molecular weight is 228 g/mol. The molecule has 0 aliphatic heterocycles. The highest BCUT2D eigenvalue weighted by atomic mass is 32.2. The second-order valence-corrected chi connectivity index (χ2v) is 4.98. The summed E-state index contributed by atoms with van der Waals surface area (Å²) in [6.45, 7) is 3.34. The molecule has 0 unspecified atom stereocenters. The summed E-state index contributed by atoms with van der Waals surface area (Å²) in [5, 5.41) is 8.89. The van der Waals surface area contributed by atoms with Gasteiger partial charge in [0, 0.05) is 10.6 Å². The first kappa shape index (κ1) is 12.0. The maximum absolute atomic E-state index is 12.6. The maximum atomic E-state index is 12.6. The van der Waals surface area contributed by atoms with E-state index in [0.717, 1.165) is 4.90 Å². The number of rotatable bonds is 4. The lowest BCUT2D eigenvalue weighted by molar-refractivity contribution is -0.145. The largest absolute Gasteiger partial charge is 0.481 e. The van der Waals surface area contributed by atoms with Gasteiger partial charge in [0.25, 0.3) is 0 Å². The third kappa shape index (κ3) is 3.55. The summed E-state index contributed by atoms with van der Waals surface area (Å²) in [7, 11) is 0. The molecule has 0 fully saturated rings. The third-order valence-corrected chi connectivity index (χ3v) is 3.46. The van der Waals surface area contributed by atoms with Gasteiger partial charge in [-0.25, -0.2) is 4.39 Å². The van der Waals surface area contributed by atoms with E-state index in [2.05, 4.69) is 0 Å². The fourth-order valence-electron chi connectivity index (χ4n) is 0.856. The lowest BCUT2D eigenvalue weighted by Gasteiger charge is -2.17. The van der Waals surface area contributed by atoms with E-state index >= 15 is 0 Å². The summed E-state index contributed by atoms with van der Waals surface area (Å²) in [5.41, 5.74) is -0.765. The van der Waals surface area contributed by atoms with Crippen molar-refractivity contribution in [2.75, 3.05) is 5.75 Å². The Labute approximate surface area is 92.5 Å². The van der Waals surface area contributed by atoms with Crippen LogP contribution in [0.15, 0.2) is 29.2 Å². The Bertz CT molecular complexity index is 346. The van der Waals surface area contributed by atoms with Crippen LogP contribution in [0.2, 0.25) is 0 Å². The Morgan fingerprint density at radius 3 is 2.40 bits per heavy atom. The summed E-state index contributed by atoms with van der Waals surface area (Å²) < 4.78 is 12.6. The lowest BCUT2D eigenvalue weighted by Crippen LogP contribution is -2.26. The second kappa shape index (κ2) is 4.66. The molecular formula is C11H13FO2S. The molecule has 0 amide bonds. The predicted octanol–water partition coefficient (Wildman–Crippen LogP) is 3.03. The molecule has 0 bridgehead atoms. The van der Waals surface area contributed by atoms with Crippen LogP contribution < -0.4 is 0 Å². The number of aliphatic carboxylic acids is 1. The molecule has 0 saturated heterocycles. The Kier molecular flexibility index (Phi) is 3.74. The van der Waals surface area contributed by atoms with Crippen molar-refractivity contribution in [2.45, 2.75) is 18.7 Å². The third-order valence-electron chi connectivity index (χ3n) is 1.99. The van der Waals surface area contributed by atoms with Crippen molar-refractivity contribution in [1.82, 2.24) is 0 Å². The molecular weight excluding hydrogens is 215 g/mol. The Balaban J connectivity index is 2.57. The number of hydrogen-bond donors (Lipinski definition) is 1. The number of carboxylic acid groups (broad SMARTS) is 1. The van der Waals surface area contributed by atoms with Crippen LogP contribution in [-0.2, 0) is 4.79 Å². The molecule has 0 atom stereocenters. The zero-order valence-corrected chi connectivity index (χ0v) is 9.47. The van der Waals surface area contributed by atoms with Crippen LogP contribution >= 0.6 is 11.8 Å². The van der Waals surface area contributed by atoms with Gasteiger partial charge in [-0.1, -0.05) is 0 Å². The van der Waals surface area contributed by atoms with Crippen LogP contribution in [0, 0.1) is 11.2 Å². The molecule has 4 heteroatoms. The molecule has 0 aromatic heterocycles. The van der Waals surface area contributed by atoms with E-state index in [1.807, 2.05) is 0 Å². The average Bonchev–Trinajstić information content (AvgIpc) is 2.17. The van der Waals surface area contributed by atoms with Gasteiger partial charge in [-0.3, -0.25) is 4.79 Å². The molecule has 2 nitrogen and oxygen atoms in total. The van der Waals surface area contributed by atoms with Crippen LogP contribution in [0.5, 0.6) is 0 Å². The van der Waals surface area contributed by atoms with Crippen molar-refractivity contribution in [3.05, 3.63) is 30.1 Å². The number of thioether (sulfide) groups is 1. The predicted molar refractivity (Wildman–Crippen MR) is 58.5 cm³/mol. The fraction of sp³-hybridized carbons (Fsp3) is 0.364. The quantitative estimate of drug-likeness (QED) is 0.805. The zero-order chi connectivity index (χ0) is 11.5. The molecule has 1 aromatic carbocycles. The van der Waals surface area contributed by atoms with E-state index in [4.69, 9.17) is 5.11 Å². The summed E-state index contributed by atoms with van der Waals surface area (Å²) in [6.07, 6.45) is 0. The first-order valence-corrected chi connectivity index (χ1v) is 5.52. The molecule has 0 heterocycles. The van der Waals surface area contributed by atoms with Gasteiger partial charge in [-0.05, 0) is 38.1 Å². The number of hydrogen-bond acceptors (Lipinski definition) is 2. The molecule has 1 aromatic rings. The smallest absolute Gasteiger partial charge is 0.309 e. The minimum Gasteiger partial charge on any atom is -0.481 e. The highest BCUT2D eigenvalue weighted by molar-refractivity contribution is 7.99. The summed E-state index contributed by atoms with van der Waals surface area (Å²) >= 11 is 1.42. The van der Waals surface area contributed by atoms with Crippen LogP contribution in [0.25, 0.3) is 0 Å². The molecule has 0 radical (unpaired) electrons. The van der Waals surface area contributed by atoms with Crippen LogP contribution in [-0.4, -0.2) is 16.8 Å². The van der Waals surface area contributed by atoms with Gasteiger partial charge in [0.2, 0.25) is 0 Å². The molecule has 0 saturated carbocycles.